The van der Waals surface area contributed by atoms with Gasteiger partial charge in [0.05, 0.1) is 6.61 Å². The number of ketones is 1. The zero-order chi connectivity index (χ0) is 19.0. The summed E-state index contributed by atoms with van der Waals surface area (Å²) in [5.74, 6) is -2.24. The first kappa shape index (κ1) is 18.1. The molecule has 0 unspecified atom stereocenters. The number of nitrogens with one attached hydrogen (secondary N) is 1. The summed E-state index contributed by atoms with van der Waals surface area (Å²) in [5, 5.41) is 6.77. The molecule has 27 heavy (non-hydrogen) atoms. The van der Waals surface area contributed by atoms with Gasteiger partial charge in [-0.3, -0.25) is 14.4 Å². The average Bonchev–Trinajstić information content (AvgIpc) is 3.34. The highest BCUT2D eigenvalue weighted by molar-refractivity contribution is 7.10. The summed E-state index contributed by atoms with van der Waals surface area (Å²) >= 11 is 3.04. The van der Waals surface area contributed by atoms with Gasteiger partial charge in [0.1, 0.15) is 5.92 Å². The Morgan fingerprint density at radius 3 is 2.48 bits per heavy atom. The molecule has 0 spiro atoms. The molecule has 1 aliphatic heterocycles. The maximum Gasteiger partial charge on any atom is 0.317 e. The molecule has 5 nitrogen and oxygen atoms in total. The normalized spacial score (nSPS) is 25.1. The quantitative estimate of drug-likeness (QED) is 0.628. The van der Waals surface area contributed by atoms with Crippen LogP contribution in [-0.2, 0) is 19.1 Å². The van der Waals surface area contributed by atoms with Gasteiger partial charge in [0.2, 0.25) is 5.91 Å². The lowest BCUT2D eigenvalue weighted by Gasteiger charge is -2.37. The molecule has 0 saturated heterocycles. The van der Waals surface area contributed by atoms with E-state index in [4.69, 9.17) is 4.74 Å². The molecule has 7 heteroatoms. The minimum absolute atomic E-state index is 0.0838. The van der Waals surface area contributed by atoms with E-state index < -0.39 is 11.9 Å². The van der Waals surface area contributed by atoms with E-state index in [0.29, 0.717) is 17.7 Å². The van der Waals surface area contributed by atoms with Crippen molar-refractivity contribution in [1.29, 1.82) is 0 Å². The van der Waals surface area contributed by atoms with Crippen molar-refractivity contribution in [3.63, 3.8) is 0 Å². The molecule has 1 N–H and O–H groups in total. The second-order valence-electron chi connectivity index (χ2n) is 6.63. The van der Waals surface area contributed by atoms with Crippen LogP contribution in [0.25, 0.3) is 0 Å². The van der Waals surface area contributed by atoms with Crippen LogP contribution in [0.3, 0.4) is 0 Å². The maximum atomic E-state index is 13.5. The van der Waals surface area contributed by atoms with Crippen molar-refractivity contribution < 1.29 is 19.1 Å². The standard InChI is InChI=1S/C20H19NO4S2/c1-2-25-20(24)18-11(14-5-3-7-26-14)9-13-17(19(18)23)12(10-16(22)21-13)15-6-4-8-27-15/h3-8,11-12,18H,2,9-10H2,1H3,(H,21,22)/t11-,12+,18-/m0/s1. The van der Waals surface area contributed by atoms with Gasteiger partial charge in [-0.05, 0) is 36.2 Å². The predicted octanol–water partition coefficient (Wildman–Crippen LogP) is 3.60. The fourth-order valence-electron chi connectivity index (χ4n) is 3.96. The first-order valence-electron chi connectivity index (χ1n) is 8.90. The first-order chi connectivity index (χ1) is 13.1. The second-order valence-corrected chi connectivity index (χ2v) is 8.59. The molecular formula is C20H19NO4S2. The number of esters is 1. The Bertz CT molecular complexity index is 899. The zero-order valence-electron chi connectivity index (χ0n) is 14.8. The van der Waals surface area contributed by atoms with Gasteiger partial charge < -0.3 is 10.1 Å². The molecule has 3 heterocycles. The van der Waals surface area contributed by atoms with Gasteiger partial charge in [0.25, 0.3) is 0 Å². The summed E-state index contributed by atoms with van der Waals surface area (Å²) in [5.41, 5.74) is 1.23. The number of carbonyl (C=O) groups is 3. The number of allylic oxidation sites excluding steroid dienone is 2. The number of carbonyl (C=O) groups excluding carboxylic acids is 3. The molecule has 4 rings (SSSR count). The predicted molar refractivity (Wildman–Crippen MR) is 104 cm³/mol. The SMILES string of the molecule is CCOC(=O)[C@@H]1C(=O)C2=C(C[C@H]1c1cccs1)NC(=O)C[C@@H]2c1cccs1. The molecule has 0 bridgehead atoms. The summed E-state index contributed by atoms with van der Waals surface area (Å²) in [6.07, 6.45) is 0.684. The Kier molecular flexibility index (Phi) is 4.97. The van der Waals surface area contributed by atoms with Crippen molar-refractivity contribution in [2.24, 2.45) is 5.92 Å². The van der Waals surface area contributed by atoms with Gasteiger partial charge in [-0.25, -0.2) is 0 Å². The molecule has 0 saturated carbocycles. The van der Waals surface area contributed by atoms with Gasteiger partial charge in [-0.1, -0.05) is 12.1 Å². The van der Waals surface area contributed by atoms with Gasteiger partial charge >= 0.3 is 5.97 Å². The van der Waals surface area contributed by atoms with Gasteiger partial charge in [0.15, 0.2) is 5.78 Å². The fraction of sp³-hybridized carbons (Fsp3) is 0.350. The molecule has 1 aliphatic carbocycles. The topological polar surface area (TPSA) is 72.5 Å². The van der Waals surface area contributed by atoms with E-state index in [1.807, 2.05) is 35.0 Å². The molecule has 0 aromatic carbocycles. The van der Waals surface area contributed by atoms with Crippen LogP contribution in [0.5, 0.6) is 0 Å². The van der Waals surface area contributed by atoms with E-state index in [9.17, 15) is 14.4 Å². The molecule has 3 atom stereocenters. The highest BCUT2D eigenvalue weighted by atomic mass is 32.1. The Balaban J connectivity index is 1.80. The minimum Gasteiger partial charge on any atom is -0.465 e. The van der Waals surface area contributed by atoms with E-state index in [-0.39, 0.29) is 36.6 Å². The Labute approximate surface area is 165 Å². The zero-order valence-corrected chi connectivity index (χ0v) is 16.4. The average molecular weight is 402 g/mol. The Morgan fingerprint density at radius 2 is 1.85 bits per heavy atom. The highest BCUT2D eigenvalue weighted by Crippen LogP contribution is 2.47. The summed E-state index contributed by atoms with van der Waals surface area (Å²) in [6, 6.07) is 7.69. The van der Waals surface area contributed by atoms with Crippen LogP contribution >= 0.6 is 22.7 Å². The van der Waals surface area contributed by atoms with Crippen molar-refractivity contribution in [3.8, 4) is 0 Å². The lowest BCUT2D eigenvalue weighted by Crippen LogP contribution is -2.44. The third-order valence-electron chi connectivity index (χ3n) is 5.06. The lowest BCUT2D eigenvalue weighted by atomic mass is 9.70. The largest absolute Gasteiger partial charge is 0.465 e. The fourth-order valence-corrected chi connectivity index (χ4v) is 5.66. The molecule has 2 aromatic rings. The number of hydrogen-bond acceptors (Lipinski definition) is 6. The number of amides is 1. The Morgan fingerprint density at radius 1 is 1.15 bits per heavy atom. The monoisotopic (exact) mass is 401 g/mol. The maximum absolute atomic E-state index is 13.5. The lowest BCUT2D eigenvalue weighted by molar-refractivity contribution is -0.152. The summed E-state index contributed by atoms with van der Waals surface area (Å²) in [7, 11) is 0. The second kappa shape index (κ2) is 7.40. The summed E-state index contributed by atoms with van der Waals surface area (Å²) < 4.78 is 5.24. The summed E-state index contributed by atoms with van der Waals surface area (Å²) in [6.45, 7) is 1.97. The number of rotatable bonds is 4. The van der Waals surface area contributed by atoms with Gasteiger partial charge in [-0.2, -0.15) is 0 Å². The van der Waals surface area contributed by atoms with Crippen molar-refractivity contribution >= 4 is 40.3 Å². The Hall–Kier alpha value is -2.25. The van der Waals surface area contributed by atoms with Crippen LogP contribution in [0.15, 0.2) is 46.3 Å². The van der Waals surface area contributed by atoms with Crippen LogP contribution in [0.1, 0.15) is 41.4 Å². The number of hydrogen-bond donors (Lipinski definition) is 1. The van der Waals surface area contributed by atoms with Crippen LogP contribution in [0.4, 0.5) is 0 Å². The smallest absolute Gasteiger partial charge is 0.317 e. The third-order valence-corrected chi connectivity index (χ3v) is 7.05. The molecule has 0 radical (unpaired) electrons. The van der Waals surface area contributed by atoms with E-state index in [1.54, 1.807) is 6.92 Å². The van der Waals surface area contributed by atoms with E-state index in [1.165, 1.54) is 22.7 Å². The van der Waals surface area contributed by atoms with Crippen LogP contribution in [0, 0.1) is 5.92 Å². The molecular weight excluding hydrogens is 382 g/mol. The van der Waals surface area contributed by atoms with Crippen molar-refractivity contribution in [2.45, 2.75) is 31.6 Å². The van der Waals surface area contributed by atoms with E-state index in [0.717, 1.165) is 9.75 Å². The molecule has 140 valence electrons. The van der Waals surface area contributed by atoms with Crippen LogP contribution in [0.2, 0.25) is 0 Å². The van der Waals surface area contributed by atoms with Crippen molar-refractivity contribution in [3.05, 3.63) is 56.1 Å². The third kappa shape index (κ3) is 3.26. The van der Waals surface area contributed by atoms with Gasteiger partial charge in [0, 0.05) is 39.3 Å². The highest BCUT2D eigenvalue weighted by Gasteiger charge is 2.48. The number of Topliss-reactive ketones (excluding diaryl/α,β-unsaturated/α-hetero) is 1. The van der Waals surface area contributed by atoms with Crippen LogP contribution in [-0.4, -0.2) is 24.3 Å². The van der Waals surface area contributed by atoms with Crippen molar-refractivity contribution in [1.82, 2.24) is 5.32 Å². The molecule has 2 aromatic heterocycles. The first-order valence-corrected chi connectivity index (χ1v) is 10.7. The summed E-state index contributed by atoms with van der Waals surface area (Å²) in [4.78, 5) is 40.4. The minimum atomic E-state index is -0.861. The molecule has 0 fully saturated rings. The van der Waals surface area contributed by atoms with E-state index in [2.05, 4.69) is 5.32 Å². The van der Waals surface area contributed by atoms with Crippen LogP contribution < -0.4 is 5.32 Å². The number of thiophene rings is 2. The molecule has 2 aliphatic rings. The van der Waals surface area contributed by atoms with Gasteiger partial charge in [-0.15, -0.1) is 22.7 Å². The molecule has 1 amide bonds. The van der Waals surface area contributed by atoms with E-state index >= 15 is 0 Å². The number of ether oxygens (including phenoxy) is 1. The van der Waals surface area contributed by atoms with Crippen molar-refractivity contribution in [2.75, 3.05) is 6.61 Å².